The number of amides is 2. The third kappa shape index (κ3) is 4.46. The van der Waals surface area contributed by atoms with Gasteiger partial charge in [0.05, 0.1) is 10.6 Å². The van der Waals surface area contributed by atoms with Crippen LogP contribution in [0, 0.1) is 0 Å². The van der Waals surface area contributed by atoms with Crippen molar-refractivity contribution in [3.05, 3.63) is 47.8 Å². The maximum absolute atomic E-state index is 12.1. The number of benzene rings is 1. The fourth-order valence-electron chi connectivity index (χ4n) is 2.13. The van der Waals surface area contributed by atoms with E-state index in [1.54, 1.807) is 4.57 Å². The van der Waals surface area contributed by atoms with Gasteiger partial charge < -0.3 is 11.1 Å². The lowest BCUT2D eigenvalue weighted by Gasteiger charge is -2.07. The highest BCUT2D eigenvalue weighted by Gasteiger charge is 2.17. The molecule has 0 saturated carbocycles. The van der Waals surface area contributed by atoms with Crippen LogP contribution in [0.3, 0.4) is 0 Å². The summed E-state index contributed by atoms with van der Waals surface area (Å²) in [4.78, 5) is 24.3. The second-order valence-corrected chi connectivity index (χ2v) is 6.93. The minimum atomic E-state index is -0.492. The van der Waals surface area contributed by atoms with Crippen LogP contribution in [0.15, 0.2) is 53.0 Å². The van der Waals surface area contributed by atoms with Crippen LogP contribution in [0.5, 0.6) is 0 Å². The van der Waals surface area contributed by atoms with Crippen LogP contribution < -0.4 is 11.1 Å². The molecule has 1 aromatic carbocycles. The molecule has 0 bridgehead atoms. The number of rotatable bonds is 7. The molecule has 9 heteroatoms. The number of carbonyl (C=O) groups excluding carboxylic acids is 2. The minimum absolute atomic E-state index is 0.0388. The van der Waals surface area contributed by atoms with Gasteiger partial charge >= 0.3 is 0 Å². The quantitative estimate of drug-likeness (QED) is 0.618. The first-order chi connectivity index (χ1) is 12.1. The van der Waals surface area contributed by atoms with Gasteiger partial charge in [-0.25, -0.2) is 0 Å². The SMILES string of the molecule is NC(=O)Cn1c(SCC(=O)Nc2ccccc2)nnc1-c1cccs1. The molecule has 0 radical (unpaired) electrons. The summed E-state index contributed by atoms with van der Waals surface area (Å²) < 4.78 is 1.63. The van der Waals surface area contributed by atoms with Crippen LogP contribution in [0.4, 0.5) is 5.69 Å². The van der Waals surface area contributed by atoms with Gasteiger partial charge in [0.2, 0.25) is 11.8 Å². The molecule has 0 atom stereocenters. The van der Waals surface area contributed by atoms with E-state index in [0.29, 0.717) is 11.0 Å². The summed E-state index contributed by atoms with van der Waals surface area (Å²) >= 11 is 2.70. The van der Waals surface area contributed by atoms with E-state index in [4.69, 9.17) is 5.73 Å². The second kappa shape index (κ2) is 7.95. The van der Waals surface area contributed by atoms with Crippen molar-refractivity contribution in [3.63, 3.8) is 0 Å². The molecule has 2 amide bonds. The lowest BCUT2D eigenvalue weighted by molar-refractivity contribution is -0.118. The summed E-state index contributed by atoms with van der Waals surface area (Å²) in [6, 6.07) is 13.0. The zero-order valence-corrected chi connectivity index (χ0v) is 14.7. The maximum atomic E-state index is 12.1. The average Bonchev–Trinajstić information content (AvgIpc) is 3.23. The molecule has 0 fully saturated rings. The summed E-state index contributed by atoms with van der Waals surface area (Å²) in [6.45, 7) is -0.0388. The van der Waals surface area contributed by atoms with Crippen LogP contribution in [-0.4, -0.2) is 32.3 Å². The number of anilines is 1. The highest BCUT2D eigenvalue weighted by atomic mass is 32.2. The number of primary amides is 1. The van der Waals surface area contributed by atoms with E-state index in [2.05, 4.69) is 15.5 Å². The molecule has 0 aliphatic carbocycles. The van der Waals surface area contributed by atoms with E-state index in [-0.39, 0.29) is 18.2 Å². The minimum Gasteiger partial charge on any atom is -0.368 e. The van der Waals surface area contributed by atoms with Crippen LogP contribution in [0.1, 0.15) is 0 Å². The Morgan fingerprint density at radius 1 is 1.16 bits per heavy atom. The first kappa shape index (κ1) is 17.2. The van der Waals surface area contributed by atoms with Gasteiger partial charge in [-0.1, -0.05) is 36.0 Å². The fourth-order valence-corrected chi connectivity index (χ4v) is 3.59. The third-order valence-corrected chi connectivity index (χ3v) is 4.99. The number of hydrogen-bond donors (Lipinski definition) is 2. The third-order valence-electron chi connectivity index (χ3n) is 3.16. The Morgan fingerprint density at radius 3 is 2.64 bits per heavy atom. The van der Waals surface area contributed by atoms with E-state index in [0.717, 1.165) is 10.6 Å². The molecule has 0 aliphatic rings. The number of aromatic nitrogens is 3. The van der Waals surface area contributed by atoms with E-state index < -0.39 is 5.91 Å². The first-order valence-corrected chi connectivity index (χ1v) is 9.23. The maximum Gasteiger partial charge on any atom is 0.237 e. The molecule has 0 aliphatic heterocycles. The van der Waals surface area contributed by atoms with Gasteiger partial charge in [-0.15, -0.1) is 21.5 Å². The van der Waals surface area contributed by atoms with E-state index in [1.165, 1.54) is 23.1 Å². The van der Waals surface area contributed by atoms with Gasteiger partial charge in [0.15, 0.2) is 11.0 Å². The largest absolute Gasteiger partial charge is 0.368 e. The Labute approximate surface area is 152 Å². The molecular formula is C16H15N5O2S2. The van der Waals surface area contributed by atoms with E-state index in [1.807, 2.05) is 47.8 Å². The normalized spacial score (nSPS) is 10.6. The molecule has 3 rings (SSSR count). The van der Waals surface area contributed by atoms with Gasteiger partial charge in [-0.3, -0.25) is 14.2 Å². The number of nitrogens with one attached hydrogen (secondary N) is 1. The van der Waals surface area contributed by atoms with Gasteiger partial charge in [0.1, 0.15) is 6.54 Å². The standard InChI is InChI=1S/C16H15N5O2S2/c17-13(22)9-21-15(12-7-4-8-24-12)19-20-16(21)25-10-14(23)18-11-5-2-1-3-6-11/h1-8H,9-10H2,(H2,17,22)(H,18,23). The number of nitrogens with zero attached hydrogens (tertiary/aromatic N) is 3. The molecule has 0 spiro atoms. The predicted molar refractivity (Wildman–Crippen MR) is 98.3 cm³/mol. The van der Waals surface area contributed by atoms with Crippen molar-refractivity contribution < 1.29 is 9.59 Å². The highest BCUT2D eigenvalue weighted by molar-refractivity contribution is 7.99. The van der Waals surface area contributed by atoms with Crippen molar-refractivity contribution in [2.75, 3.05) is 11.1 Å². The summed E-state index contributed by atoms with van der Waals surface area (Å²) in [6.07, 6.45) is 0. The van der Waals surface area contributed by atoms with E-state index in [9.17, 15) is 9.59 Å². The Kier molecular flexibility index (Phi) is 5.46. The zero-order valence-electron chi connectivity index (χ0n) is 13.1. The van der Waals surface area contributed by atoms with Gasteiger partial charge in [0.25, 0.3) is 0 Å². The molecule has 2 aromatic heterocycles. The zero-order chi connectivity index (χ0) is 17.6. The van der Waals surface area contributed by atoms with Crippen LogP contribution in [0.25, 0.3) is 10.7 Å². The van der Waals surface area contributed by atoms with Gasteiger partial charge in [-0.2, -0.15) is 0 Å². The van der Waals surface area contributed by atoms with Crippen molar-refractivity contribution in [1.29, 1.82) is 0 Å². The monoisotopic (exact) mass is 373 g/mol. The number of thiophene rings is 1. The van der Waals surface area contributed by atoms with Crippen molar-refractivity contribution >= 4 is 40.6 Å². The predicted octanol–water partition coefficient (Wildman–Crippen LogP) is 2.22. The van der Waals surface area contributed by atoms with Crippen LogP contribution in [-0.2, 0) is 16.1 Å². The highest BCUT2D eigenvalue weighted by Crippen LogP contribution is 2.27. The average molecular weight is 373 g/mol. The number of carbonyl (C=O) groups is 2. The molecule has 25 heavy (non-hydrogen) atoms. The van der Waals surface area contributed by atoms with Crippen molar-refractivity contribution in [1.82, 2.24) is 14.8 Å². The number of nitrogens with two attached hydrogens (primary N) is 1. The lowest BCUT2D eigenvalue weighted by Crippen LogP contribution is -2.20. The summed E-state index contributed by atoms with van der Waals surface area (Å²) in [5.41, 5.74) is 6.06. The van der Waals surface area contributed by atoms with E-state index >= 15 is 0 Å². The summed E-state index contributed by atoms with van der Waals surface area (Å²) in [5, 5.41) is 13.4. The number of thioether (sulfide) groups is 1. The molecule has 2 heterocycles. The molecule has 3 aromatic rings. The number of hydrogen-bond acceptors (Lipinski definition) is 6. The second-order valence-electron chi connectivity index (χ2n) is 5.04. The first-order valence-electron chi connectivity index (χ1n) is 7.36. The Morgan fingerprint density at radius 2 is 1.96 bits per heavy atom. The molecular weight excluding hydrogens is 358 g/mol. The van der Waals surface area contributed by atoms with Crippen molar-refractivity contribution in [2.24, 2.45) is 5.73 Å². The topological polar surface area (TPSA) is 103 Å². The Hall–Kier alpha value is -2.65. The van der Waals surface area contributed by atoms with Gasteiger partial charge in [0, 0.05) is 5.69 Å². The summed E-state index contributed by atoms with van der Waals surface area (Å²) in [5.74, 6) is 0.0615. The molecule has 3 N–H and O–H groups in total. The summed E-state index contributed by atoms with van der Waals surface area (Å²) in [7, 11) is 0. The molecule has 128 valence electrons. The van der Waals surface area contributed by atoms with Crippen molar-refractivity contribution in [3.8, 4) is 10.7 Å². The molecule has 0 unspecified atom stereocenters. The van der Waals surface area contributed by atoms with Gasteiger partial charge in [-0.05, 0) is 23.6 Å². The van der Waals surface area contributed by atoms with Crippen molar-refractivity contribution in [2.45, 2.75) is 11.7 Å². The number of para-hydroxylation sites is 1. The lowest BCUT2D eigenvalue weighted by atomic mass is 10.3. The molecule has 7 nitrogen and oxygen atoms in total. The Bertz CT molecular complexity index is 862. The smallest absolute Gasteiger partial charge is 0.237 e. The molecule has 0 saturated heterocycles. The van der Waals surface area contributed by atoms with Crippen LogP contribution in [0.2, 0.25) is 0 Å². The van der Waals surface area contributed by atoms with Crippen LogP contribution >= 0.6 is 23.1 Å². The fraction of sp³-hybridized carbons (Fsp3) is 0.125. The Balaban J connectivity index is 1.71.